The van der Waals surface area contributed by atoms with E-state index in [9.17, 15) is 4.79 Å². The second-order valence-electron chi connectivity index (χ2n) is 7.31. The van der Waals surface area contributed by atoms with E-state index >= 15 is 0 Å². The third-order valence-corrected chi connectivity index (χ3v) is 5.33. The van der Waals surface area contributed by atoms with E-state index in [1.54, 1.807) is 37.5 Å². The molecule has 3 rings (SSSR count). The van der Waals surface area contributed by atoms with Gasteiger partial charge in [-0.25, -0.2) is 9.78 Å². The van der Waals surface area contributed by atoms with E-state index in [0.717, 1.165) is 32.2 Å². The summed E-state index contributed by atoms with van der Waals surface area (Å²) in [6.45, 7) is 0.786. The molecule has 0 atom stereocenters. The number of benzene rings is 1. The first kappa shape index (κ1) is 20.7. The number of carbonyl (C=O) groups excluding carboxylic acids is 1. The normalized spacial score (nSPS) is 18.7. The number of esters is 1. The van der Waals surface area contributed by atoms with Crippen LogP contribution in [0.15, 0.2) is 30.5 Å². The van der Waals surface area contributed by atoms with Gasteiger partial charge in [0, 0.05) is 31.4 Å². The largest absolute Gasteiger partial charge is 0.465 e. The lowest BCUT2D eigenvalue weighted by atomic mass is 9.86. The number of aromatic nitrogens is 2. The van der Waals surface area contributed by atoms with Gasteiger partial charge in [0.1, 0.15) is 5.82 Å². The minimum Gasteiger partial charge on any atom is -0.465 e. The maximum Gasteiger partial charge on any atom is 0.337 e. The monoisotopic (exact) mass is 396 g/mol. The van der Waals surface area contributed by atoms with Crippen LogP contribution in [0, 0.1) is 11.3 Å². The summed E-state index contributed by atoms with van der Waals surface area (Å²) in [7, 11) is 3.11. The van der Waals surface area contributed by atoms with Gasteiger partial charge in [-0.3, -0.25) is 5.41 Å². The van der Waals surface area contributed by atoms with Gasteiger partial charge in [-0.1, -0.05) is 12.1 Å². The first-order chi connectivity index (χ1) is 14.0. The summed E-state index contributed by atoms with van der Waals surface area (Å²) in [5, 5.41) is 15.0. The highest BCUT2D eigenvalue weighted by molar-refractivity contribution is 6.13. The number of anilines is 2. The Hall–Kier alpha value is -3.00. The molecule has 1 aliphatic carbocycles. The fraction of sp³-hybridized carbons (Fsp3) is 0.429. The third-order valence-electron chi connectivity index (χ3n) is 5.33. The lowest BCUT2D eigenvalue weighted by Gasteiger charge is -2.26. The van der Waals surface area contributed by atoms with Crippen LogP contribution in [0.1, 0.15) is 47.2 Å². The smallest absolute Gasteiger partial charge is 0.337 e. The van der Waals surface area contributed by atoms with Crippen molar-refractivity contribution in [1.29, 1.82) is 5.41 Å². The summed E-state index contributed by atoms with van der Waals surface area (Å²) in [6, 6.07) is 7.07. The summed E-state index contributed by atoms with van der Waals surface area (Å²) in [5.41, 5.74) is 8.02. The van der Waals surface area contributed by atoms with Crippen LogP contribution in [0.5, 0.6) is 0 Å². The van der Waals surface area contributed by atoms with Crippen molar-refractivity contribution < 1.29 is 9.53 Å². The van der Waals surface area contributed by atoms with E-state index in [4.69, 9.17) is 15.9 Å². The highest BCUT2D eigenvalue weighted by Crippen LogP contribution is 2.25. The Morgan fingerprint density at radius 1 is 1.21 bits per heavy atom. The number of hydrogen-bond donors (Lipinski definition) is 4. The molecule has 2 aromatic rings. The van der Waals surface area contributed by atoms with Gasteiger partial charge in [0.15, 0.2) is 0 Å². The Bertz CT molecular complexity index is 860. The summed E-state index contributed by atoms with van der Waals surface area (Å²) < 4.78 is 4.72. The molecule has 5 N–H and O–H groups in total. The first-order valence-corrected chi connectivity index (χ1v) is 9.83. The second kappa shape index (κ2) is 9.47. The summed E-state index contributed by atoms with van der Waals surface area (Å²) in [4.78, 5) is 20.4. The number of methoxy groups -OCH3 is 1. The van der Waals surface area contributed by atoms with E-state index in [2.05, 4.69) is 20.6 Å². The standard InChI is InChI=1S/C21H28N6O2/c1-24-21-26-12-17(18(23)14-5-7-15(8-6-14)20(28)29-2)19(27-21)25-11-13-3-9-16(22)10-4-13/h5-8,12-13,16,23H,3-4,9-11,22H2,1-2H3,(H2,24,25,26,27). The van der Waals surface area contributed by atoms with Crippen LogP contribution in [0.3, 0.4) is 0 Å². The molecule has 0 radical (unpaired) electrons. The summed E-state index contributed by atoms with van der Waals surface area (Å²) in [5.74, 6) is 1.26. The molecule has 0 unspecified atom stereocenters. The van der Waals surface area contributed by atoms with E-state index in [-0.39, 0.29) is 5.71 Å². The number of hydrogen-bond acceptors (Lipinski definition) is 8. The molecule has 0 aliphatic heterocycles. The number of carbonyl (C=O) groups is 1. The topological polar surface area (TPSA) is 126 Å². The average molecular weight is 396 g/mol. The number of rotatable bonds is 7. The fourth-order valence-electron chi connectivity index (χ4n) is 3.50. The minimum absolute atomic E-state index is 0.289. The molecular formula is C21H28N6O2. The number of nitrogens with one attached hydrogen (secondary N) is 3. The Morgan fingerprint density at radius 2 is 1.86 bits per heavy atom. The molecule has 0 spiro atoms. The fourth-order valence-corrected chi connectivity index (χ4v) is 3.50. The maximum atomic E-state index is 11.6. The van der Waals surface area contributed by atoms with Crippen LogP contribution in [0.2, 0.25) is 0 Å². The quantitative estimate of drug-likeness (QED) is 0.419. The SMILES string of the molecule is CNc1ncc(C(=N)c2ccc(C(=O)OC)cc2)c(NCC2CCC(N)CC2)n1. The lowest BCUT2D eigenvalue weighted by molar-refractivity contribution is 0.0600. The molecule has 8 nitrogen and oxygen atoms in total. The van der Waals surface area contributed by atoms with Crippen molar-refractivity contribution in [1.82, 2.24) is 9.97 Å². The molecule has 1 aliphatic rings. The third kappa shape index (κ3) is 5.08. The van der Waals surface area contributed by atoms with Gasteiger partial charge in [-0.2, -0.15) is 4.98 Å². The minimum atomic E-state index is -0.403. The molecule has 1 aromatic heterocycles. The molecule has 1 fully saturated rings. The van der Waals surface area contributed by atoms with Crippen LogP contribution in [0.4, 0.5) is 11.8 Å². The molecule has 1 aromatic carbocycles. The average Bonchev–Trinajstić information content (AvgIpc) is 2.77. The molecular weight excluding hydrogens is 368 g/mol. The van der Waals surface area contributed by atoms with Crippen molar-refractivity contribution in [2.45, 2.75) is 31.7 Å². The summed E-state index contributed by atoms with van der Waals surface area (Å²) in [6.07, 6.45) is 5.94. The maximum absolute atomic E-state index is 11.6. The predicted molar refractivity (Wildman–Crippen MR) is 114 cm³/mol. The zero-order valence-corrected chi connectivity index (χ0v) is 16.9. The van der Waals surface area contributed by atoms with Crippen LogP contribution < -0.4 is 16.4 Å². The van der Waals surface area contributed by atoms with Gasteiger partial charge >= 0.3 is 5.97 Å². The lowest BCUT2D eigenvalue weighted by Crippen LogP contribution is -2.29. The highest BCUT2D eigenvalue weighted by atomic mass is 16.5. The van der Waals surface area contributed by atoms with Gasteiger partial charge in [0.2, 0.25) is 5.95 Å². The molecule has 0 bridgehead atoms. The molecule has 0 amide bonds. The van der Waals surface area contributed by atoms with E-state index in [1.165, 1.54) is 7.11 Å². The molecule has 0 saturated heterocycles. The molecule has 1 heterocycles. The molecule has 1 saturated carbocycles. The van der Waals surface area contributed by atoms with Crippen LogP contribution >= 0.6 is 0 Å². The Labute approximate surface area is 170 Å². The second-order valence-corrected chi connectivity index (χ2v) is 7.31. The number of nitrogens with two attached hydrogens (primary N) is 1. The van der Waals surface area contributed by atoms with Crippen molar-refractivity contribution in [3.05, 3.63) is 47.2 Å². The van der Waals surface area contributed by atoms with Crippen molar-refractivity contribution in [2.75, 3.05) is 31.3 Å². The molecule has 8 heteroatoms. The zero-order chi connectivity index (χ0) is 20.8. The van der Waals surface area contributed by atoms with Gasteiger partial charge in [0.05, 0.1) is 23.9 Å². The van der Waals surface area contributed by atoms with E-state index < -0.39 is 5.97 Å². The van der Waals surface area contributed by atoms with Crippen LogP contribution in [-0.4, -0.2) is 48.4 Å². The number of ether oxygens (including phenoxy) is 1. The first-order valence-electron chi connectivity index (χ1n) is 9.83. The van der Waals surface area contributed by atoms with Crippen molar-refractivity contribution in [2.24, 2.45) is 11.7 Å². The Morgan fingerprint density at radius 3 is 2.48 bits per heavy atom. The summed E-state index contributed by atoms with van der Waals surface area (Å²) >= 11 is 0. The predicted octanol–water partition coefficient (Wildman–Crippen LogP) is 2.65. The van der Waals surface area contributed by atoms with Crippen LogP contribution in [0.25, 0.3) is 0 Å². The number of nitrogens with zero attached hydrogens (tertiary/aromatic N) is 2. The zero-order valence-electron chi connectivity index (χ0n) is 16.9. The van der Waals surface area contributed by atoms with Crippen molar-refractivity contribution >= 4 is 23.4 Å². The van der Waals surface area contributed by atoms with Crippen molar-refractivity contribution in [3.63, 3.8) is 0 Å². The van der Waals surface area contributed by atoms with E-state index in [1.807, 2.05) is 0 Å². The van der Waals surface area contributed by atoms with Crippen LogP contribution in [-0.2, 0) is 4.74 Å². The Balaban J connectivity index is 1.78. The van der Waals surface area contributed by atoms with Gasteiger partial charge in [0.25, 0.3) is 0 Å². The van der Waals surface area contributed by atoms with Gasteiger partial charge < -0.3 is 21.1 Å². The Kier molecular flexibility index (Phi) is 6.77. The highest BCUT2D eigenvalue weighted by Gasteiger charge is 2.20. The molecule has 29 heavy (non-hydrogen) atoms. The van der Waals surface area contributed by atoms with E-state index in [0.29, 0.717) is 40.4 Å². The molecule has 154 valence electrons. The van der Waals surface area contributed by atoms with Gasteiger partial charge in [-0.05, 0) is 43.7 Å². The van der Waals surface area contributed by atoms with Crippen molar-refractivity contribution in [3.8, 4) is 0 Å². The van der Waals surface area contributed by atoms with Gasteiger partial charge in [-0.15, -0.1) is 0 Å².